The summed E-state index contributed by atoms with van der Waals surface area (Å²) in [6, 6.07) is 5.64. The van der Waals surface area contributed by atoms with Gasteiger partial charge in [0.1, 0.15) is 11.9 Å². The normalized spacial score (nSPS) is 44.8. The molecule has 2 fully saturated rings. The molecule has 0 radical (unpaired) electrons. The zero-order valence-corrected chi connectivity index (χ0v) is 13.4. The number of rotatable bonds is 0. The third-order valence-corrected chi connectivity index (χ3v) is 7.10. The molecule has 3 aliphatic carbocycles. The number of aliphatic hydroxyl groups is 1. The Morgan fingerprint density at radius 1 is 1.35 bits per heavy atom. The van der Waals surface area contributed by atoms with Crippen molar-refractivity contribution in [2.75, 3.05) is 0 Å². The summed E-state index contributed by atoms with van der Waals surface area (Å²) in [5.41, 5.74) is 0.360. The van der Waals surface area contributed by atoms with Crippen LogP contribution in [0.5, 0.6) is 5.75 Å². The Labute approximate surface area is 136 Å². The number of alkyl halides is 1. The maximum absolute atomic E-state index is 14.6. The Morgan fingerprint density at radius 3 is 2.87 bits per heavy atom. The van der Waals surface area contributed by atoms with Crippen molar-refractivity contribution < 1.29 is 14.6 Å². The van der Waals surface area contributed by atoms with Crippen LogP contribution in [0.15, 0.2) is 18.2 Å². The van der Waals surface area contributed by atoms with Crippen molar-refractivity contribution in [3.8, 4) is 18.1 Å². The van der Waals surface area contributed by atoms with E-state index in [1.54, 1.807) is 6.07 Å². The molecule has 0 unspecified atom stereocenters. The Hall–Kier alpha value is -1.53. The van der Waals surface area contributed by atoms with Crippen LogP contribution in [0.1, 0.15) is 49.7 Å². The van der Waals surface area contributed by atoms with Crippen LogP contribution in [0.3, 0.4) is 0 Å². The van der Waals surface area contributed by atoms with Gasteiger partial charge in [0.05, 0.1) is 0 Å². The van der Waals surface area contributed by atoms with Crippen LogP contribution in [0.2, 0.25) is 0 Å². The molecule has 3 heteroatoms. The average Bonchev–Trinajstić information content (AvgIpc) is 2.75. The van der Waals surface area contributed by atoms with Gasteiger partial charge in [-0.15, -0.1) is 6.42 Å². The highest BCUT2D eigenvalue weighted by Crippen LogP contribution is 2.64. The first-order valence-corrected chi connectivity index (χ1v) is 8.56. The molecule has 2 N–H and O–H groups in total. The molecule has 23 heavy (non-hydrogen) atoms. The second kappa shape index (κ2) is 4.74. The summed E-state index contributed by atoms with van der Waals surface area (Å²) in [5, 5.41) is 20.5. The lowest BCUT2D eigenvalue weighted by atomic mass is 9.53. The number of terminal acetylenes is 1. The maximum Gasteiger partial charge on any atom is 0.161 e. The van der Waals surface area contributed by atoms with Crippen molar-refractivity contribution in [2.45, 2.75) is 56.7 Å². The van der Waals surface area contributed by atoms with E-state index < -0.39 is 17.2 Å². The monoisotopic (exact) mass is 314 g/mol. The molecular formula is C20H23FO2. The largest absolute Gasteiger partial charge is 0.508 e. The molecule has 1 aromatic rings. The summed E-state index contributed by atoms with van der Waals surface area (Å²) in [6.45, 7) is 1.99. The first kappa shape index (κ1) is 15.0. The smallest absolute Gasteiger partial charge is 0.161 e. The van der Waals surface area contributed by atoms with E-state index in [1.165, 1.54) is 11.1 Å². The molecule has 0 aliphatic heterocycles. The van der Waals surface area contributed by atoms with E-state index in [-0.39, 0.29) is 5.92 Å². The Kier molecular flexibility index (Phi) is 3.09. The van der Waals surface area contributed by atoms with Crippen molar-refractivity contribution in [3.63, 3.8) is 0 Å². The highest BCUT2D eigenvalue weighted by atomic mass is 19.1. The number of phenolic OH excluding ortho intramolecular Hbond substituents is 1. The highest BCUT2D eigenvalue weighted by molar-refractivity contribution is 5.41. The van der Waals surface area contributed by atoms with Crippen molar-refractivity contribution >= 4 is 0 Å². The van der Waals surface area contributed by atoms with Crippen LogP contribution in [0.4, 0.5) is 4.39 Å². The van der Waals surface area contributed by atoms with E-state index in [1.807, 2.05) is 19.1 Å². The average molecular weight is 314 g/mol. The van der Waals surface area contributed by atoms with E-state index in [2.05, 4.69) is 5.92 Å². The first-order chi connectivity index (χ1) is 10.9. The molecule has 2 saturated carbocycles. The molecule has 122 valence electrons. The van der Waals surface area contributed by atoms with Gasteiger partial charge in [0.25, 0.3) is 0 Å². The number of halogens is 1. The molecule has 2 nitrogen and oxygen atoms in total. The van der Waals surface area contributed by atoms with Gasteiger partial charge >= 0.3 is 0 Å². The van der Waals surface area contributed by atoms with Crippen molar-refractivity contribution in [2.24, 2.45) is 17.3 Å². The van der Waals surface area contributed by atoms with E-state index >= 15 is 0 Å². The summed E-state index contributed by atoms with van der Waals surface area (Å²) < 4.78 is 14.6. The number of hydrogen-bond donors (Lipinski definition) is 2. The Balaban J connectivity index is 1.74. The summed E-state index contributed by atoms with van der Waals surface area (Å²) in [7, 11) is 0. The molecule has 1 aromatic carbocycles. The molecule has 4 rings (SSSR count). The molecule has 0 aromatic heterocycles. The number of hydrogen-bond acceptors (Lipinski definition) is 2. The number of phenols is 1. The zero-order chi connectivity index (χ0) is 16.4. The fourth-order valence-electron chi connectivity index (χ4n) is 5.80. The molecule has 3 aliphatic rings. The quantitative estimate of drug-likeness (QED) is 0.719. The maximum atomic E-state index is 14.6. The fraction of sp³-hybridized carbons (Fsp3) is 0.600. The van der Waals surface area contributed by atoms with E-state index in [0.717, 1.165) is 25.7 Å². The van der Waals surface area contributed by atoms with E-state index in [4.69, 9.17) is 6.42 Å². The number of fused-ring (bicyclic) bond motifs is 5. The van der Waals surface area contributed by atoms with Gasteiger partial charge in [-0.3, -0.25) is 0 Å². The number of aryl methyl sites for hydroxylation is 1. The van der Waals surface area contributed by atoms with Gasteiger partial charge in [-0.25, -0.2) is 4.39 Å². The molecule has 0 amide bonds. The minimum atomic E-state index is -1.63. The second-order valence-electron chi connectivity index (χ2n) is 7.87. The van der Waals surface area contributed by atoms with Gasteiger partial charge in [0.15, 0.2) is 5.60 Å². The fourth-order valence-corrected chi connectivity index (χ4v) is 5.80. The predicted molar refractivity (Wildman–Crippen MR) is 86.8 cm³/mol. The lowest BCUT2D eigenvalue weighted by Crippen LogP contribution is -2.52. The van der Waals surface area contributed by atoms with E-state index in [0.29, 0.717) is 24.0 Å². The predicted octanol–water partition coefficient (Wildman–Crippen LogP) is 3.56. The molecule has 0 bridgehead atoms. The molecular weight excluding hydrogens is 291 g/mol. The molecule has 0 spiro atoms. The van der Waals surface area contributed by atoms with Gasteiger partial charge < -0.3 is 10.2 Å². The van der Waals surface area contributed by atoms with Gasteiger partial charge in [-0.2, -0.15) is 0 Å². The summed E-state index contributed by atoms with van der Waals surface area (Å²) >= 11 is 0. The van der Waals surface area contributed by atoms with Crippen LogP contribution in [0.25, 0.3) is 0 Å². The number of aromatic hydroxyl groups is 1. The molecule has 6 atom stereocenters. The van der Waals surface area contributed by atoms with Gasteiger partial charge in [0, 0.05) is 5.41 Å². The highest BCUT2D eigenvalue weighted by Gasteiger charge is 2.65. The lowest BCUT2D eigenvalue weighted by molar-refractivity contribution is -0.0846. The first-order valence-electron chi connectivity index (χ1n) is 8.56. The summed E-state index contributed by atoms with van der Waals surface area (Å²) in [4.78, 5) is 0. The van der Waals surface area contributed by atoms with Crippen molar-refractivity contribution in [1.29, 1.82) is 0 Å². The van der Waals surface area contributed by atoms with Crippen LogP contribution >= 0.6 is 0 Å². The van der Waals surface area contributed by atoms with Gasteiger partial charge in [0.2, 0.25) is 0 Å². The van der Waals surface area contributed by atoms with Crippen LogP contribution < -0.4 is 0 Å². The minimum absolute atomic E-state index is 0.124. The summed E-state index contributed by atoms with van der Waals surface area (Å²) in [6.07, 6.45) is 8.14. The second-order valence-corrected chi connectivity index (χ2v) is 7.87. The van der Waals surface area contributed by atoms with Crippen molar-refractivity contribution in [3.05, 3.63) is 29.3 Å². The lowest BCUT2D eigenvalue weighted by Gasteiger charge is -2.51. The minimum Gasteiger partial charge on any atom is -0.508 e. The van der Waals surface area contributed by atoms with Crippen molar-refractivity contribution in [1.82, 2.24) is 0 Å². The van der Waals surface area contributed by atoms with Crippen LogP contribution in [-0.2, 0) is 6.42 Å². The van der Waals surface area contributed by atoms with Gasteiger partial charge in [-0.1, -0.05) is 18.9 Å². The topological polar surface area (TPSA) is 40.5 Å². The van der Waals surface area contributed by atoms with E-state index in [9.17, 15) is 14.6 Å². The third-order valence-electron chi connectivity index (χ3n) is 7.10. The Bertz CT molecular complexity index is 693. The Morgan fingerprint density at radius 2 is 2.13 bits per heavy atom. The molecule has 0 heterocycles. The zero-order valence-electron chi connectivity index (χ0n) is 13.4. The summed E-state index contributed by atoms with van der Waals surface area (Å²) in [5.74, 6) is 3.60. The van der Waals surface area contributed by atoms with Gasteiger partial charge in [-0.05, 0) is 73.1 Å². The van der Waals surface area contributed by atoms with Crippen LogP contribution in [-0.4, -0.2) is 22.0 Å². The third kappa shape index (κ3) is 1.79. The van der Waals surface area contributed by atoms with Crippen LogP contribution in [0, 0.1) is 29.6 Å². The SMILES string of the molecule is C#C[C@@]1(O)[C@H](F)C[C@H]2[C@@H]3CCc4cc(O)ccc4[C@H]3CC[C@@]21C. The number of benzene rings is 1. The standard InChI is InChI=1S/C20H23FO2/c1-3-20(23)18(21)11-17-16-6-4-12-10-13(22)5-7-14(12)15(16)8-9-19(17,20)2/h1,5,7,10,15-18,22-23H,4,6,8-9,11H2,2H3/t15-,16-,17+,18-,19+,20-/m1/s1. The molecule has 0 saturated heterocycles.